The molecule has 3 N–H and O–H groups in total. The Hall–Kier alpha value is -3.53. The molecular weight excluding hydrogens is 390 g/mol. The lowest BCUT2D eigenvalue weighted by Gasteiger charge is -2.06. The highest BCUT2D eigenvalue weighted by atomic mass is 32.2. The molecule has 0 atom stereocenters. The summed E-state index contributed by atoms with van der Waals surface area (Å²) in [6, 6.07) is 12.6. The lowest BCUT2D eigenvalue weighted by Crippen LogP contribution is -2.28. The third-order valence-corrected chi connectivity index (χ3v) is 4.72. The molecule has 0 saturated heterocycles. The van der Waals surface area contributed by atoms with Crippen molar-refractivity contribution in [2.24, 2.45) is 0 Å². The minimum Gasteiger partial charge on any atom is -0.481 e. The largest absolute Gasteiger partial charge is 0.481 e. The first-order chi connectivity index (χ1) is 14.0. The van der Waals surface area contributed by atoms with Gasteiger partial charge in [0, 0.05) is 11.6 Å². The Labute approximate surface area is 171 Å². The van der Waals surface area contributed by atoms with Crippen LogP contribution in [0.1, 0.15) is 21.7 Å². The average Bonchev–Trinajstić information content (AvgIpc) is 3.22. The van der Waals surface area contributed by atoms with Gasteiger partial charge in [-0.2, -0.15) is 0 Å². The Morgan fingerprint density at radius 2 is 1.97 bits per heavy atom. The van der Waals surface area contributed by atoms with Crippen molar-refractivity contribution in [2.45, 2.75) is 6.92 Å². The Balaban J connectivity index is 1.58. The molecule has 0 unspecified atom stereocenters. The number of benzene rings is 1. The fraction of sp³-hybridized carbons (Fsp3) is 0.158. The van der Waals surface area contributed by atoms with Gasteiger partial charge in [0.25, 0.3) is 5.91 Å². The summed E-state index contributed by atoms with van der Waals surface area (Å²) in [4.78, 5) is 16.6. The van der Waals surface area contributed by atoms with Crippen LogP contribution in [-0.4, -0.2) is 49.6 Å². The van der Waals surface area contributed by atoms with Crippen LogP contribution in [0.4, 0.5) is 0 Å². The molecule has 0 radical (unpaired) electrons. The molecule has 10 heteroatoms. The van der Waals surface area contributed by atoms with Gasteiger partial charge in [0.2, 0.25) is 5.88 Å². The fourth-order valence-electron chi connectivity index (χ4n) is 2.43. The van der Waals surface area contributed by atoms with Crippen molar-refractivity contribution in [3.05, 3.63) is 65.6 Å². The predicted molar refractivity (Wildman–Crippen MR) is 111 cm³/mol. The molecule has 0 aliphatic heterocycles. The normalized spacial score (nSPS) is 10.4. The zero-order valence-corrected chi connectivity index (χ0v) is 16.7. The number of hydrogen-bond acceptors (Lipinski definition) is 8. The van der Waals surface area contributed by atoms with Crippen molar-refractivity contribution >= 4 is 27.8 Å². The van der Waals surface area contributed by atoms with Crippen LogP contribution in [0, 0.1) is 17.7 Å². The third kappa shape index (κ3) is 5.05. The van der Waals surface area contributed by atoms with Gasteiger partial charge < -0.3 is 10.1 Å². The van der Waals surface area contributed by atoms with E-state index in [0.717, 1.165) is 17.3 Å². The van der Waals surface area contributed by atoms with Gasteiger partial charge in [-0.25, -0.2) is 9.67 Å². The van der Waals surface area contributed by atoms with Crippen molar-refractivity contribution in [1.29, 1.82) is 10.8 Å². The number of carbonyl (C=O) groups is 1. The maximum absolute atomic E-state index is 12.3. The van der Waals surface area contributed by atoms with E-state index in [-0.39, 0.29) is 22.3 Å². The molecule has 2 aromatic heterocycles. The highest BCUT2D eigenvalue weighted by Gasteiger charge is 2.14. The third-order valence-electron chi connectivity index (χ3n) is 3.89. The zero-order valence-electron chi connectivity index (χ0n) is 15.8. The lowest BCUT2D eigenvalue weighted by molar-refractivity contribution is 0.0954. The second-order valence-corrected chi connectivity index (χ2v) is 7.01. The molecule has 148 valence electrons. The van der Waals surface area contributed by atoms with E-state index in [1.54, 1.807) is 31.2 Å². The summed E-state index contributed by atoms with van der Waals surface area (Å²) < 4.78 is 6.54. The minimum atomic E-state index is -0.452. The number of carbonyl (C=O) groups excluding carboxylic acids is 1. The molecule has 2 heterocycles. The number of pyridine rings is 1. The van der Waals surface area contributed by atoms with Gasteiger partial charge in [0.15, 0.2) is 5.69 Å². The summed E-state index contributed by atoms with van der Waals surface area (Å²) in [5.74, 6) is 0.0355. The first-order valence-electron chi connectivity index (χ1n) is 8.59. The molecule has 0 aliphatic carbocycles. The van der Waals surface area contributed by atoms with E-state index in [1.807, 2.05) is 18.2 Å². The van der Waals surface area contributed by atoms with E-state index in [0.29, 0.717) is 17.3 Å². The van der Waals surface area contributed by atoms with E-state index in [9.17, 15) is 4.79 Å². The Morgan fingerprint density at radius 3 is 2.66 bits per heavy atom. The smallest absolute Gasteiger partial charge is 0.273 e. The summed E-state index contributed by atoms with van der Waals surface area (Å²) in [5, 5.41) is 26.9. The van der Waals surface area contributed by atoms with Crippen LogP contribution in [0.2, 0.25) is 0 Å². The second-order valence-electron chi connectivity index (χ2n) is 5.91. The Morgan fingerprint density at radius 1 is 1.21 bits per heavy atom. The first-order valence-corrected chi connectivity index (χ1v) is 9.41. The molecule has 0 fully saturated rings. The van der Waals surface area contributed by atoms with Gasteiger partial charge in [-0.15, -0.1) is 5.10 Å². The van der Waals surface area contributed by atoms with Gasteiger partial charge in [0.1, 0.15) is 5.04 Å². The van der Waals surface area contributed by atoms with Crippen LogP contribution in [0.5, 0.6) is 5.88 Å². The second kappa shape index (κ2) is 9.11. The fourth-order valence-corrected chi connectivity index (χ4v) is 3.08. The number of hydrogen-bond donors (Lipinski definition) is 3. The summed E-state index contributed by atoms with van der Waals surface area (Å²) in [7, 11) is 1.54. The number of nitrogens with zero attached hydrogens (tertiary/aromatic N) is 4. The van der Waals surface area contributed by atoms with Crippen molar-refractivity contribution < 1.29 is 9.53 Å². The highest BCUT2D eigenvalue weighted by Crippen LogP contribution is 2.16. The molecule has 9 nitrogen and oxygen atoms in total. The molecule has 0 aliphatic rings. The maximum Gasteiger partial charge on any atom is 0.273 e. The summed E-state index contributed by atoms with van der Waals surface area (Å²) in [5.41, 5.74) is 2.20. The van der Waals surface area contributed by atoms with Crippen LogP contribution >= 0.6 is 11.8 Å². The minimum absolute atomic E-state index is 0.00527. The van der Waals surface area contributed by atoms with Crippen molar-refractivity contribution in [2.75, 3.05) is 13.7 Å². The van der Waals surface area contributed by atoms with Crippen molar-refractivity contribution in [1.82, 2.24) is 25.3 Å². The van der Waals surface area contributed by atoms with Gasteiger partial charge in [0.05, 0.1) is 36.3 Å². The van der Waals surface area contributed by atoms with Crippen molar-refractivity contribution in [3.8, 4) is 11.6 Å². The summed E-state index contributed by atoms with van der Waals surface area (Å²) in [6.45, 7) is 1.80. The lowest BCUT2D eigenvalue weighted by atomic mass is 10.2. The number of methoxy groups -OCH3 is 1. The summed E-state index contributed by atoms with van der Waals surface area (Å²) >= 11 is 0.988. The van der Waals surface area contributed by atoms with Gasteiger partial charge in [-0.05, 0) is 13.0 Å². The molecular formula is C19H19N7O2S. The zero-order chi connectivity index (χ0) is 20.8. The number of aryl methyl sites for hydroxylation is 1. The molecule has 0 bridgehead atoms. The van der Waals surface area contributed by atoms with Crippen LogP contribution in [-0.2, 0) is 0 Å². The molecule has 29 heavy (non-hydrogen) atoms. The van der Waals surface area contributed by atoms with Crippen LogP contribution < -0.4 is 10.1 Å². The number of thioether (sulfide) groups is 1. The average molecular weight is 409 g/mol. The Kier molecular flexibility index (Phi) is 6.35. The van der Waals surface area contributed by atoms with Crippen molar-refractivity contribution in [3.63, 3.8) is 0 Å². The maximum atomic E-state index is 12.3. The predicted octanol–water partition coefficient (Wildman–Crippen LogP) is 2.45. The summed E-state index contributed by atoms with van der Waals surface area (Å²) in [6.07, 6.45) is 1.49. The quantitative estimate of drug-likeness (QED) is 0.423. The molecule has 1 aromatic carbocycles. The first kappa shape index (κ1) is 20.2. The van der Waals surface area contributed by atoms with Crippen LogP contribution in [0.3, 0.4) is 0 Å². The number of rotatable bonds is 6. The van der Waals surface area contributed by atoms with E-state index in [2.05, 4.69) is 20.6 Å². The van der Waals surface area contributed by atoms with E-state index in [1.165, 1.54) is 18.0 Å². The van der Waals surface area contributed by atoms with E-state index >= 15 is 0 Å². The van der Waals surface area contributed by atoms with Crippen LogP contribution in [0.15, 0.2) is 48.7 Å². The van der Waals surface area contributed by atoms with Crippen LogP contribution in [0.25, 0.3) is 5.69 Å². The molecule has 3 aromatic rings. The van der Waals surface area contributed by atoms with E-state index in [4.69, 9.17) is 15.6 Å². The van der Waals surface area contributed by atoms with Gasteiger partial charge in [-0.1, -0.05) is 47.3 Å². The number of nitrogens with one attached hydrogen (secondary N) is 3. The molecule has 1 amide bonds. The molecule has 0 spiro atoms. The highest BCUT2D eigenvalue weighted by molar-refractivity contribution is 8.26. The van der Waals surface area contributed by atoms with Gasteiger partial charge in [-0.3, -0.25) is 15.6 Å². The monoisotopic (exact) mass is 409 g/mol. The molecule has 3 rings (SSSR count). The standard InChI is InChI=1S/C19H19N7O2S/c1-12-15(8-9-17(23-12)28-2)26-11-14(24-25-26)19(27)22-10-16(20)29-18(21)13-6-4-3-5-7-13/h3-9,11,20-21H,10H2,1-2H3,(H,22,27). The number of aromatic nitrogens is 4. The Bertz CT molecular complexity index is 1050. The number of ether oxygens (including phenoxy) is 1. The molecule has 0 saturated carbocycles. The SMILES string of the molecule is COc1ccc(-n2cc(C(=O)NCC(=N)SC(=N)c3ccccc3)nn2)c(C)n1. The topological polar surface area (TPSA) is 130 Å². The van der Waals surface area contributed by atoms with Gasteiger partial charge >= 0.3 is 0 Å². The number of amides is 1. The van der Waals surface area contributed by atoms with E-state index < -0.39 is 5.91 Å².